The smallest absolute Gasteiger partial charge is 0.251 e. The molecule has 2 aromatic heterocycles. The molecular formula is C14H13N3O2S. The summed E-state index contributed by atoms with van der Waals surface area (Å²) < 4.78 is 26.5. The molecule has 0 N–H and O–H groups in total. The molecule has 0 amide bonds. The molecule has 0 radical (unpaired) electrons. The highest BCUT2D eigenvalue weighted by molar-refractivity contribution is 7.90. The number of fused-ring (bicyclic) bond motifs is 1. The van der Waals surface area contributed by atoms with Crippen LogP contribution in [0, 0.1) is 13.8 Å². The summed E-state index contributed by atoms with van der Waals surface area (Å²) in [6.07, 6.45) is 4.60. The van der Waals surface area contributed by atoms with E-state index in [1.165, 1.54) is 10.2 Å². The van der Waals surface area contributed by atoms with E-state index in [9.17, 15) is 8.42 Å². The fraction of sp³-hybridized carbons (Fsp3) is 0.143. The standard InChI is InChI=1S/C14H13N3O2S/c1-10-3-5-12(6-4-10)20(18,19)17-9-11(2)13-14(17)16-8-7-15-13/h3-9H,1-2H3. The van der Waals surface area contributed by atoms with Crippen LogP contribution < -0.4 is 0 Å². The second-order valence-corrected chi connectivity index (χ2v) is 6.47. The van der Waals surface area contributed by atoms with Crippen LogP contribution in [-0.2, 0) is 10.0 Å². The van der Waals surface area contributed by atoms with Gasteiger partial charge < -0.3 is 0 Å². The SMILES string of the molecule is Cc1ccc(S(=O)(=O)n2cc(C)c3nccnc32)cc1. The lowest BCUT2D eigenvalue weighted by atomic mass is 10.2. The average Bonchev–Trinajstić information content (AvgIpc) is 2.78. The fourth-order valence-corrected chi connectivity index (χ4v) is 3.44. The van der Waals surface area contributed by atoms with Crippen LogP contribution in [0.25, 0.3) is 11.2 Å². The van der Waals surface area contributed by atoms with Crippen molar-refractivity contribution in [1.29, 1.82) is 0 Å². The number of hydrogen-bond donors (Lipinski definition) is 0. The molecule has 0 aliphatic carbocycles. The molecule has 0 saturated heterocycles. The first-order valence-electron chi connectivity index (χ1n) is 6.11. The molecule has 3 aromatic rings. The van der Waals surface area contributed by atoms with Crippen molar-refractivity contribution in [1.82, 2.24) is 13.9 Å². The predicted octanol–water partition coefficient (Wildman–Crippen LogP) is 2.29. The lowest BCUT2D eigenvalue weighted by molar-refractivity contribution is 0.588. The van der Waals surface area contributed by atoms with E-state index in [0.717, 1.165) is 11.1 Å². The zero-order valence-electron chi connectivity index (χ0n) is 11.1. The fourth-order valence-electron chi connectivity index (χ4n) is 2.08. The Bertz CT molecular complexity index is 880. The van der Waals surface area contributed by atoms with Gasteiger partial charge >= 0.3 is 0 Å². The van der Waals surface area contributed by atoms with Gasteiger partial charge in [-0.25, -0.2) is 17.4 Å². The first kappa shape index (κ1) is 12.8. The Morgan fingerprint density at radius 2 is 1.65 bits per heavy atom. The summed E-state index contributed by atoms with van der Waals surface area (Å²) >= 11 is 0. The van der Waals surface area contributed by atoms with Gasteiger partial charge in [0, 0.05) is 18.6 Å². The maximum atomic E-state index is 12.7. The van der Waals surface area contributed by atoms with E-state index in [2.05, 4.69) is 9.97 Å². The molecule has 0 spiro atoms. The number of aromatic nitrogens is 3. The zero-order chi connectivity index (χ0) is 14.3. The molecule has 0 aliphatic heterocycles. The summed E-state index contributed by atoms with van der Waals surface area (Å²) in [5.41, 5.74) is 2.75. The van der Waals surface area contributed by atoms with Crippen molar-refractivity contribution in [2.45, 2.75) is 18.7 Å². The summed E-state index contributed by atoms with van der Waals surface area (Å²) in [7, 11) is -3.65. The minimum atomic E-state index is -3.65. The number of benzene rings is 1. The van der Waals surface area contributed by atoms with Gasteiger partial charge in [-0.2, -0.15) is 0 Å². The topological polar surface area (TPSA) is 64.8 Å². The Morgan fingerprint density at radius 3 is 2.35 bits per heavy atom. The average molecular weight is 287 g/mol. The quantitative estimate of drug-likeness (QED) is 0.725. The second-order valence-electron chi connectivity index (χ2n) is 4.65. The van der Waals surface area contributed by atoms with Gasteiger partial charge in [-0.3, -0.25) is 4.98 Å². The Morgan fingerprint density at radius 1 is 1.00 bits per heavy atom. The first-order chi connectivity index (χ1) is 9.50. The van der Waals surface area contributed by atoms with E-state index in [1.54, 1.807) is 36.7 Å². The Hall–Kier alpha value is -2.21. The van der Waals surface area contributed by atoms with Crippen molar-refractivity contribution in [3.8, 4) is 0 Å². The Balaban J connectivity index is 2.27. The van der Waals surface area contributed by atoms with Crippen LogP contribution in [0.1, 0.15) is 11.1 Å². The van der Waals surface area contributed by atoms with Gasteiger partial charge in [0.05, 0.1) is 4.90 Å². The van der Waals surface area contributed by atoms with Gasteiger partial charge in [-0.15, -0.1) is 0 Å². The maximum Gasteiger partial charge on any atom is 0.269 e. The van der Waals surface area contributed by atoms with Crippen molar-refractivity contribution >= 4 is 21.2 Å². The summed E-state index contributed by atoms with van der Waals surface area (Å²) in [6, 6.07) is 6.75. The summed E-state index contributed by atoms with van der Waals surface area (Å²) in [6.45, 7) is 3.73. The second kappa shape index (κ2) is 4.42. The largest absolute Gasteiger partial charge is 0.269 e. The third kappa shape index (κ3) is 1.89. The van der Waals surface area contributed by atoms with Crippen molar-refractivity contribution in [3.05, 3.63) is 54.0 Å². The molecule has 5 nitrogen and oxygen atoms in total. The lowest BCUT2D eigenvalue weighted by Crippen LogP contribution is -2.12. The maximum absolute atomic E-state index is 12.7. The van der Waals surface area contributed by atoms with Crippen LogP contribution in [0.3, 0.4) is 0 Å². The highest BCUT2D eigenvalue weighted by Gasteiger charge is 2.21. The van der Waals surface area contributed by atoms with E-state index < -0.39 is 10.0 Å². The highest BCUT2D eigenvalue weighted by atomic mass is 32.2. The minimum Gasteiger partial charge on any atom is -0.251 e. The summed E-state index contributed by atoms with van der Waals surface area (Å²) in [4.78, 5) is 8.55. The van der Waals surface area contributed by atoms with E-state index in [4.69, 9.17) is 0 Å². The molecule has 0 atom stereocenters. The molecular weight excluding hydrogens is 274 g/mol. The van der Waals surface area contributed by atoms with Crippen LogP contribution in [0.5, 0.6) is 0 Å². The predicted molar refractivity (Wildman–Crippen MR) is 76.0 cm³/mol. The molecule has 0 saturated carbocycles. The Labute approximate surface area is 117 Å². The number of rotatable bonds is 2. The van der Waals surface area contributed by atoms with Crippen LogP contribution in [0.15, 0.2) is 47.8 Å². The molecule has 3 rings (SSSR count). The highest BCUT2D eigenvalue weighted by Crippen LogP contribution is 2.22. The number of nitrogens with zero attached hydrogens (tertiary/aromatic N) is 3. The van der Waals surface area contributed by atoms with Crippen molar-refractivity contribution in [2.24, 2.45) is 0 Å². The molecule has 102 valence electrons. The van der Waals surface area contributed by atoms with Gasteiger partial charge in [0.25, 0.3) is 10.0 Å². The van der Waals surface area contributed by atoms with E-state index in [1.807, 2.05) is 13.8 Å². The lowest BCUT2D eigenvalue weighted by Gasteiger charge is -2.06. The van der Waals surface area contributed by atoms with Gasteiger partial charge in [-0.05, 0) is 31.5 Å². The zero-order valence-corrected chi connectivity index (χ0v) is 11.9. The van der Waals surface area contributed by atoms with E-state index >= 15 is 0 Å². The third-order valence-electron chi connectivity index (χ3n) is 3.15. The normalized spacial score (nSPS) is 11.9. The molecule has 2 heterocycles. The molecule has 6 heteroatoms. The third-order valence-corrected chi connectivity index (χ3v) is 4.81. The molecule has 0 bridgehead atoms. The molecule has 20 heavy (non-hydrogen) atoms. The minimum absolute atomic E-state index is 0.241. The van der Waals surface area contributed by atoms with E-state index in [-0.39, 0.29) is 4.90 Å². The molecule has 0 fully saturated rings. The number of aryl methyl sites for hydroxylation is 2. The van der Waals surface area contributed by atoms with Crippen LogP contribution in [0.2, 0.25) is 0 Å². The van der Waals surface area contributed by atoms with Gasteiger partial charge in [0.2, 0.25) is 0 Å². The first-order valence-corrected chi connectivity index (χ1v) is 7.55. The van der Waals surface area contributed by atoms with Crippen LogP contribution >= 0.6 is 0 Å². The van der Waals surface area contributed by atoms with Crippen molar-refractivity contribution in [3.63, 3.8) is 0 Å². The Kier molecular flexibility index (Phi) is 2.83. The molecule has 0 unspecified atom stereocenters. The van der Waals surface area contributed by atoms with Gasteiger partial charge in [0.1, 0.15) is 5.52 Å². The monoisotopic (exact) mass is 287 g/mol. The van der Waals surface area contributed by atoms with E-state index in [0.29, 0.717) is 11.2 Å². The van der Waals surface area contributed by atoms with Crippen LogP contribution in [-0.4, -0.2) is 22.4 Å². The van der Waals surface area contributed by atoms with Crippen LogP contribution in [0.4, 0.5) is 0 Å². The number of hydrogen-bond acceptors (Lipinski definition) is 4. The summed E-state index contributed by atoms with van der Waals surface area (Å²) in [5, 5.41) is 0. The van der Waals surface area contributed by atoms with Crippen molar-refractivity contribution in [2.75, 3.05) is 0 Å². The molecule has 1 aromatic carbocycles. The van der Waals surface area contributed by atoms with Gasteiger partial charge in [-0.1, -0.05) is 17.7 Å². The van der Waals surface area contributed by atoms with Gasteiger partial charge in [0.15, 0.2) is 5.65 Å². The molecule has 0 aliphatic rings. The summed E-state index contributed by atoms with van der Waals surface area (Å²) in [5.74, 6) is 0. The van der Waals surface area contributed by atoms with Crippen molar-refractivity contribution < 1.29 is 8.42 Å².